The molecule has 0 aromatic carbocycles. The van der Waals surface area contributed by atoms with Gasteiger partial charge in [-0.25, -0.2) is 0 Å². The second-order valence-corrected chi connectivity index (χ2v) is 8.94. The molecule has 0 amide bonds. The van der Waals surface area contributed by atoms with Crippen LogP contribution < -0.4 is 0 Å². The van der Waals surface area contributed by atoms with Crippen molar-refractivity contribution in [1.29, 1.82) is 0 Å². The molecule has 6 heteroatoms. The summed E-state index contributed by atoms with van der Waals surface area (Å²) in [4.78, 5) is 25.1. The largest absolute Gasteiger partial charge is 0.481 e. The number of aliphatic hydroxyl groups is 2. The number of hydrogen-bond donors (Lipinski definition) is 3. The third kappa shape index (κ3) is 1.36. The Labute approximate surface area is 145 Å². The van der Waals surface area contributed by atoms with Gasteiger partial charge in [0, 0.05) is 11.8 Å². The van der Waals surface area contributed by atoms with E-state index in [1.54, 1.807) is 19.1 Å². The minimum atomic E-state index is -1.27. The van der Waals surface area contributed by atoms with Crippen molar-refractivity contribution < 1.29 is 29.6 Å². The zero-order chi connectivity index (χ0) is 18.0. The number of hydrogen-bond acceptors (Lipinski definition) is 5. The molecule has 8 atom stereocenters. The molecule has 3 saturated carbocycles. The normalized spacial score (nSPS) is 58.0. The molecule has 4 aliphatic carbocycles. The van der Waals surface area contributed by atoms with Gasteiger partial charge >= 0.3 is 11.9 Å². The van der Waals surface area contributed by atoms with Crippen LogP contribution in [-0.4, -0.2) is 44.6 Å². The molecule has 4 fully saturated rings. The van der Waals surface area contributed by atoms with Crippen molar-refractivity contribution in [1.82, 2.24) is 0 Å². The Morgan fingerprint density at radius 2 is 2.16 bits per heavy atom. The molecule has 2 unspecified atom stereocenters. The van der Waals surface area contributed by atoms with E-state index in [0.717, 1.165) is 0 Å². The highest BCUT2D eigenvalue weighted by Crippen LogP contribution is 2.77. The van der Waals surface area contributed by atoms with Crippen LogP contribution in [0.4, 0.5) is 0 Å². The van der Waals surface area contributed by atoms with Crippen LogP contribution in [0.1, 0.15) is 32.6 Å². The van der Waals surface area contributed by atoms with Crippen LogP contribution in [0.25, 0.3) is 0 Å². The molecule has 0 radical (unpaired) electrons. The summed E-state index contributed by atoms with van der Waals surface area (Å²) in [6, 6.07) is 0. The quantitative estimate of drug-likeness (QED) is 0.484. The lowest BCUT2D eigenvalue weighted by atomic mass is 9.61. The van der Waals surface area contributed by atoms with E-state index in [4.69, 9.17) is 4.74 Å². The second-order valence-electron chi connectivity index (χ2n) is 8.94. The van der Waals surface area contributed by atoms with Gasteiger partial charge in [0.2, 0.25) is 0 Å². The van der Waals surface area contributed by atoms with Crippen LogP contribution in [0.3, 0.4) is 0 Å². The first-order chi connectivity index (χ1) is 11.6. The molecule has 1 spiro atoms. The summed E-state index contributed by atoms with van der Waals surface area (Å²) in [5, 5.41) is 31.6. The molecule has 25 heavy (non-hydrogen) atoms. The summed E-state index contributed by atoms with van der Waals surface area (Å²) in [5.74, 6) is -3.18. The van der Waals surface area contributed by atoms with Crippen molar-refractivity contribution in [3.05, 3.63) is 24.3 Å². The third-order valence-electron chi connectivity index (χ3n) is 8.12. The Morgan fingerprint density at radius 3 is 2.84 bits per heavy atom. The lowest BCUT2D eigenvalue weighted by Crippen LogP contribution is -2.50. The Balaban J connectivity index is 1.78. The molecule has 1 saturated heterocycles. The Bertz CT molecular complexity index is 772. The highest BCUT2D eigenvalue weighted by Gasteiger charge is 2.83. The number of fused-ring (bicyclic) bond motifs is 1. The molecule has 1 heterocycles. The van der Waals surface area contributed by atoms with Gasteiger partial charge in [-0.3, -0.25) is 9.59 Å². The number of carbonyl (C=O) groups is 2. The van der Waals surface area contributed by atoms with Gasteiger partial charge in [-0.2, -0.15) is 0 Å². The number of carboxylic acids is 1. The standard InChI is InChI=1S/C19H22O6/c1-9-7-17-8-18(9,24)5-3-10(17)19-6-4-11(20)16(2,15(23)25-19)13(19)12(17)14(21)22/h4,6,10-13,20,24H,1,3,5,7-8H2,2H3,(H,21,22)/t10-,11+,12-,13?,16?,17+,18+,19-/m1/s1. The SMILES string of the molecule is C=C1C[C@]23C[C@@]1(O)CC[C@H]2[C@@]12C=C[C@H](O)C(C)(C(=O)O1)C2[C@@H]3C(=O)O. The van der Waals surface area contributed by atoms with E-state index in [-0.39, 0.29) is 5.92 Å². The van der Waals surface area contributed by atoms with Crippen molar-refractivity contribution >= 4 is 11.9 Å². The molecule has 5 aliphatic rings. The summed E-state index contributed by atoms with van der Waals surface area (Å²) >= 11 is 0. The number of aliphatic carboxylic acids is 1. The summed E-state index contributed by atoms with van der Waals surface area (Å²) in [5.41, 5.74) is -3.29. The fraction of sp³-hybridized carbons (Fsp3) is 0.684. The summed E-state index contributed by atoms with van der Waals surface area (Å²) in [7, 11) is 0. The Kier molecular flexibility index (Phi) is 2.50. The van der Waals surface area contributed by atoms with E-state index in [0.29, 0.717) is 31.3 Å². The van der Waals surface area contributed by atoms with E-state index in [2.05, 4.69) is 6.58 Å². The average molecular weight is 346 g/mol. The van der Waals surface area contributed by atoms with Crippen molar-refractivity contribution in [3.8, 4) is 0 Å². The molecule has 3 N–H and O–H groups in total. The number of carboxylic acid groups (broad SMARTS) is 1. The van der Waals surface area contributed by atoms with Crippen LogP contribution >= 0.6 is 0 Å². The van der Waals surface area contributed by atoms with Crippen LogP contribution in [0.2, 0.25) is 0 Å². The predicted molar refractivity (Wildman–Crippen MR) is 85.2 cm³/mol. The molecular weight excluding hydrogens is 324 g/mol. The fourth-order valence-corrected chi connectivity index (χ4v) is 7.13. The van der Waals surface area contributed by atoms with E-state index >= 15 is 0 Å². The van der Waals surface area contributed by atoms with Crippen molar-refractivity contribution in [2.45, 2.75) is 49.9 Å². The molecule has 5 rings (SSSR count). The molecule has 0 aromatic rings. The topological polar surface area (TPSA) is 104 Å². The zero-order valence-electron chi connectivity index (χ0n) is 14.1. The lowest BCUT2D eigenvalue weighted by molar-refractivity contribution is -0.163. The van der Waals surface area contributed by atoms with Crippen LogP contribution in [-0.2, 0) is 14.3 Å². The minimum absolute atomic E-state index is 0.180. The number of aliphatic hydroxyl groups excluding tert-OH is 1. The molecule has 4 bridgehead atoms. The number of rotatable bonds is 1. The highest BCUT2D eigenvalue weighted by molar-refractivity contribution is 5.86. The van der Waals surface area contributed by atoms with Crippen molar-refractivity contribution in [2.24, 2.45) is 28.6 Å². The van der Waals surface area contributed by atoms with Crippen LogP contribution in [0.5, 0.6) is 0 Å². The Hall–Kier alpha value is -1.66. The van der Waals surface area contributed by atoms with E-state index in [1.165, 1.54) is 0 Å². The van der Waals surface area contributed by atoms with Crippen molar-refractivity contribution in [2.75, 3.05) is 0 Å². The van der Waals surface area contributed by atoms with Gasteiger partial charge in [-0.05, 0) is 49.7 Å². The first-order valence-corrected chi connectivity index (χ1v) is 8.86. The first-order valence-electron chi connectivity index (χ1n) is 8.86. The molecular formula is C19H22O6. The molecule has 134 valence electrons. The highest BCUT2D eigenvalue weighted by atomic mass is 16.6. The number of ether oxygens (including phenoxy) is 1. The average Bonchev–Trinajstić information content (AvgIpc) is 2.95. The van der Waals surface area contributed by atoms with E-state index < -0.39 is 51.9 Å². The first kappa shape index (κ1) is 15.6. The molecule has 6 nitrogen and oxygen atoms in total. The van der Waals surface area contributed by atoms with Gasteiger partial charge in [0.15, 0.2) is 0 Å². The summed E-state index contributed by atoms with van der Waals surface area (Å²) in [6.07, 6.45) is 4.11. The number of carbonyl (C=O) groups excluding carboxylic acids is 1. The minimum Gasteiger partial charge on any atom is -0.481 e. The predicted octanol–water partition coefficient (Wildman–Crippen LogP) is 1.03. The smallest absolute Gasteiger partial charge is 0.316 e. The fourth-order valence-electron chi connectivity index (χ4n) is 7.13. The Morgan fingerprint density at radius 1 is 1.44 bits per heavy atom. The maximum absolute atomic E-state index is 12.7. The van der Waals surface area contributed by atoms with Gasteiger partial charge < -0.3 is 20.1 Å². The number of esters is 1. The lowest BCUT2D eigenvalue weighted by Gasteiger charge is -2.44. The monoisotopic (exact) mass is 346 g/mol. The third-order valence-corrected chi connectivity index (χ3v) is 8.12. The maximum Gasteiger partial charge on any atom is 0.316 e. The second kappa shape index (κ2) is 4.01. The summed E-state index contributed by atoms with van der Waals surface area (Å²) < 4.78 is 5.87. The van der Waals surface area contributed by atoms with Gasteiger partial charge in [-0.1, -0.05) is 12.7 Å². The van der Waals surface area contributed by atoms with Gasteiger partial charge in [0.05, 0.1) is 17.6 Å². The molecule has 0 aromatic heterocycles. The van der Waals surface area contributed by atoms with E-state index in [1.807, 2.05) is 0 Å². The summed E-state index contributed by atoms with van der Waals surface area (Å²) in [6.45, 7) is 5.64. The maximum atomic E-state index is 12.7. The van der Waals surface area contributed by atoms with Crippen LogP contribution in [0.15, 0.2) is 24.3 Å². The van der Waals surface area contributed by atoms with Crippen molar-refractivity contribution in [3.63, 3.8) is 0 Å². The molecule has 1 aliphatic heterocycles. The zero-order valence-corrected chi connectivity index (χ0v) is 14.1. The van der Waals surface area contributed by atoms with Crippen LogP contribution in [0, 0.1) is 28.6 Å². The van der Waals surface area contributed by atoms with Gasteiger partial charge in [-0.15, -0.1) is 0 Å². The van der Waals surface area contributed by atoms with Gasteiger partial charge in [0.1, 0.15) is 11.0 Å². The van der Waals surface area contributed by atoms with Gasteiger partial charge in [0.25, 0.3) is 0 Å². The van der Waals surface area contributed by atoms with E-state index in [9.17, 15) is 24.9 Å².